The lowest BCUT2D eigenvalue weighted by Gasteiger charge is -2.28. The van der Waals surface area contributed by atoms with Gasteiger partial charge in [0.15, 0.2) is 0 Å². The maximum absolute atomic E-state index is 5.60. The summed E-state index contributed by atoms with van der Waals surface area (Å²) in [6.07, 6.45) is 4.66. The van der Waals surface area contributed by atoms with E-state index in [9.17, 15) is 0 Å². The van der Waals surface area contributed by atoms with Crippen molar-refractivity contribution < 1.29 is 4.42 Å². The van der Waals surface area contributed by atoms with Gasteiger partial charge in [-0.25, -0.2) is 0 Å². The second-order valence-corrected chi connectivity index (χ2v) is 4.47. The number of alkyl halides is 1. The van der Waals surface area contributed by atoms with E-state index in [1.165, 1.54) is 19.3 Å². The second-order valence-electron chi connectivity index (χ2n) is 4.09. The number of rotatable bonds is 5. The van der Waals surface area contributed by atoms with Crippen LogP contribution in [0.15, 0.2) is 4.42 Å². The summed E-state index contributed by atoms with van der Waals surface area (Å²) in [4.78, 5) is 2.04. The summed E-state index contributed by atoms with van der Waals surface area (Å²) in [7, 11) is 2.00. The average molecular weight is 230 g/mol. The van der Waals surface area contributed by atoms with E-state index in [2.05, 4.69) is 10.2 Å². The molecule has 0 saturated heterocycles. The SMILES string of the molecule is CN(CC1CCC1)c1nnc(CCCl)o1. The van der Waals surface area contributed by atoms with Crippen LogP contribution in [0.4, 0.5) is 6.01 Å². The third-order valence-corrected chi connectivity index (χ3v) is 3.04. The molecule has 0 bridgehead atoms. The summed E-state index contributed by atoms with van der Waals surface area (Å²) in [5, 5.41) is 7.93. The molecule has 0 N–H and O–H groups in total. The van der Waals surface area contributed by atoms with E-state index in [-0.39, 0.29) is 0 Å². The van der Waals surface area contributed by atoms with Crippen LogP contribution in [-0.2, 0) is 6.42 Å². The Labute approximate surface area is 94.6 Å². The zero-order chi connectivity index (χ0) is 10.7. The van der Waals surface area contributed by atoms with Crippen molar-refractivity contribution in [2.75, 3.05) is 24.4 Å². The standard InChI is InChI=1S/C10H16ClN3O/c1-14(7-8-3-2-4-8)10-13-12-9(15-10)5-6-11/h8H,2-7H2,1H3. The number of aromatic nitrogens is 2. The molecule has 0 aliphatic heterocycles. The van der Waals surface area contributed by atoms with Gasteiger partial charge in [-0.3, -0.25) is 0 Å². The molecule has 1 aliphatic rings. The number of hydrogen-bond acceptors (Lipinski definition) is 4. The zero-order valence-electron chi connectivity index (χ0n) is 8.95. The van der Waals surface area contributed by atoms with Crippen molar-refractivity contribution in [3.8, 4) is 0 Å². The number of anilines is 1. The fourth-order valence-corrected chi connectivity index (χ4v) is 1.88. The first-order valence-corrected chi connectivity index (χ1v) is 5.92. The van der Waals surface area contributed by atoms with Crippen molar-refractivity contribution in [3.05, 3.63) is 5.89 Å². The van der Waals surface area contributed by atoms with Crippen molar-refractivity contribution in [3.63, 3.8) is 0 Å². The van der Waals surface area contributed by atoms with Crippen molar-refractivity contribution in [2.24, 2.45) is 5.92 Å². The highest BCUT2D eigenvalue weighted by molar-refractivity contribution is 6.17. The molecule has 1 aliphatic carbocycles. The summed E-state index contributed by atoms with van der Waals surface area (Å²) in [6, 6.07) is 0.613. The molecule has 0 spiro atoms. The van der Waals surface area contributed by atoms with Crippen molar-refractivity contribution in [2.45, 2.75) is 25.7 Å². The molecule has 1 saturated carbocycles. The van der Waals surface area contributed by atoms with Crippen LogP contribution in [-0.4, -0.2) is 29.7 Å². The topological polar surface area (TPSA) is 42.2 Å². The van der Waals surface area contributed by atoms with E-state index in [1.54, 1.807) is 0 Å². The first-order valence-electron chi connectivity index (χ1n) is 5.39. The van der Waals surface area contributed by atoms with Crippen LogP contribution in [0.1, 0.15) is 25.2 Å². The van der Waals surface area contributed by atoms with Crippen LogP contribution in [0, 0.1) is 5.92 Å². The van der Waals surface area contributed by atoms with E-state index in [0.717, 1.165) is 12.5 Å². The first kappa shape index (κ1) is 10.7. The lowest BCUT2D eigenvalue weighted by molar-refractivity contribution is 0.316. The average Bonchev–Trinajstić information content (AvgIpc) is 2.60. The molecule has 1 fully saturated rings. The molecule has 1 aromatic heterocycles. The molecule has 0 unspecified atom stereocenters. The summed E-state index contributed by atoms with van der Waals surface area (Å²) in [6.45, 7) is 1.02. The van der Waals surface area contributed by atoms with Gasteiger partial charge in [-0.05, 0) is 18.8 Å². The van der Waals surface area contributed by atoms with E-state index in [4.69, 9.17) is 16.0 Å². The highest BCUT2D eigenvalue weighted by atomic mass is 35.5. The van der Waals surface area contributed by atoms with Gasteiger partial charge in [-0.15, -0.1) is 16.7 Å². The van der Waals surface area contributed by atoms with Crippen LogP contribution in [0.2, 0.25) is 0 Å². The summed E-state index contributed by atoms with van der Waals surface area (Å²) in [5.41, 5.74) is 0. The Hall–Kier alpha value is -0.770. The van der Waals surface area contributed by atoms with Crippen LogP contribution in [0.5, 0.6) is 0 Å². The maximum Gasteiger partial charge on any atom is 0.317 e. The Kier molecular flexibility index (Phi) is 3.46. The highest BCUT2D eigenvalue weighted by Gasteiger charge is 2.21. The van der Waals surface area contributed by atoms with Crippen molar-refractivity contribution in [1.82, 2.24) is 10.2 Å². The van der Waals surface area contributed by atoms with Crippen molar-refractivity contribution in [1.29, 1.82) is 0 Å². The van der Waals surface area contributed by atoms with Gasteiger partial charge in [0.25, 0.3) is 0 Å². The smallest absolute Gasteiger partial charge is 0.317 e. The number of aryl methyl sites for hydroxylation is 1. The van der Waals surface area contributed by atoms with Crippen LogP contribution in [0.25, 0.3) is 0 Å². The largest absolute Gasteiger partial charge is 0.408 e. The summed E-state index contributed by atoms with van der Waals surface area (Å²) >= 11 is 5.60. The molecule has 1 aromatic rings. The third-order valence-electron chi connectivity index (χ3n) is 2.85. The van der Waals surface area contributed by atoms with Crippen molar-refractivity contribution >= 4 is 17.6 Å². The molecule has 2 rings (SSSR count). The molecular formula is C10H16ClN3O. The van der Waals surface area contributed by atoms with Gasteiger partial charge in [-0.1, -0.05) is 11.5 Å². The fraction of sp³-hybridized carbons (Fsp3) is 0.800. The summed E-state index contributed by atoms with van der Waals surface area (Å²) in [5.74, 6) is 1.95. The van der Waals surface area contributed by atoms with Gasteiger partial charge < -0.3 is 9.32 Å². The fourth-order valence-electron chi connectivity index (χ4n) is 1.72. The predicted molar refractivity (Wildman–Crippen MR) is 59.3 cm³/mol. The van der Waals surface area contributed by atoms with Gasteiger partial charge in [-0.2, -0.15) is 0 Å². The molecule has 0 radical (unpaired) electrons. The van der Waals surface area contributed by atoms with Gasteiger partial charge in [0.05, 0.1) is 0 Å². The van der Waals surface area contributed by atoms with Crippen LogP contribution >= 0.6 is 11.6 Å². The molecule has 0 atom stereocenters. The second kappa shape index (κ2) is 4.84. The first-order chi connectivity index (χ1) is 7.29. The molecule has 5 heteroatoms. The van der Waals surface area contributed by atoms with Crippen LogP contribution < -0.4 is 4.90 Å². The Balaban J connectivity index is 1.89. The normalized spacial score (nSPS) is 16.4. The lowest BCUT2D eigenvalue weighted by Crippen LogP contribution is -2.29. The molecule has 1 heterocycles. The van der Waals surface area contributed by atoms with Gasteiger partial charge >= 0.3 is 6.01 Å². The third kappa shape index (κ3) is 2.62. The highest BCUT2D eigenvalue weighted by Crippen LogP contribution is 2.27. The van der Waals surface area contributed by atoms with Gasteiger partial charge in [0.1, 0.15) is 0 Å². The Morgan fingerprint density at radius 2 is 2.27 bits per heavy atom. The minimum atomic E-state index is 0.522. The molecule has 4 nitrogen and oxygen atoms in total. The molecule has 0 amide bonds. The Morgan fingerprint density at radius 3 is 2.87 bits per heavy atom. The number of nitrogens with zero attached hydrogens (tertiary/aromatic N) is 3. The zero-order valence-corrected chi connectivity index (χ0v) is 9.70. The Morgan fingerprint density at radius 1 is 1.47 bits per heavy atom. The summed E-state index contributed by atoms with van der Waals surface area (Å²) < 4.78 is 5.47. The van der Waals surface area contributed by atoms with E-state index in [1.807, 2.05) is 11.9 Å². The van der Waals surface area contributed by atoms with Gasteiger partial charge in [0, 0.05) is 25.9 Å². The lowest BCUT2D eigenvalue weighted by atomic mass is 9.85. The minimum Gasteiger partial charge on any atom is -0.408 e. The van der Waals surface area contributed by atoms with E-state index < -0.39 is 0 Å². The number of hydrogen-bond donors (Lipinski definition) is 0. The van der Waals surface area contributed by atoms with Crippen LogP contribution in [0.3, 0.4) is 0 Å². The molecule has 0 aromatic carbocycles. The minimum absolute atomic E-state index is 0.522. The predicted octanol–water partition coefficient (Wildman–Crippen LogP) is 2.09. The van der Waals surface area contributed by atoms with Gasteiger partial charge in [0.2, 0.25) is 5.89 Å². The van der Waals surface area contributed by atoms with E-state index in [0.29, 0.717) is 24.2 Å². The van der Waals surface area contributed by atoms with E-state index >= 15 is 0 Å². The molecule has 84 valence electrons. The Bertz CT molecular complexity index is 311. The molecule has 15 heavy (non-hydrogen) atoms. The maximum atomic E-state index is 5.60. The monoisotopic (exact) mass is 229 g/mol. The molecular weight excluding hydrogens is 214 g/mol. The quantitative estimate of drug-likeness (QED) is 0.726. The number of halogens is 1.